The van der Waals surface area contributed by atoms with Gasteiger partial charge in [0.2, 0.25) is 5.75 Å². The van der Waals surface area contributed by atoms with Crippen LogP contribution in [0.25, 0.3) is 16.3 Å². The van der Waals surface area contributed by atoms with Gasteiger partial charge in [0.25, 0.3) is 0 Å². The molecule has 0 atom stereocenters. The van der Waals surface area contributed by atoms with Crippen molar-refractivity contribution >= 4 is 16.3 Å². The number of hydrogen-bond acceptors (Lipinski definition) is 4. The molecule has 0 aliphatic carbocycles. The van der Waals surface area contributed by atoms with Gasteiger partial charge in [0, 0.05) is 11.1 Å². The molecular weight excluding hydrogens is 316 g/mol. The molecule has 0 fully saturated rings. The van der Waals surface area contributed by atoms with Crippen LogP contribution in [0.3, 0.4) is 0 Å². The highest BCUT2D eigenvalue weighted by Crippen LogP contribution is 2.43. The molecule has 4 nitrogen and oxygen atoms in total. The summed E-state index contributed by atoms with van der Waals surface area (Å²) in [7, 11) is 4.70. The summed E-state index contributed by atoms with van der Waals surface area (Å²) in [6.45, 7) is 0. The predicted octanol–water partition coefficient (Wildman–Crippen LogP) is 4.81. The Hall–Kier alpha value is -3.14. The first-order valence-corrected chi connectivity index (χ1v) is 7.86. The van der Waals surface area contributed by atoms with E-state index in [1.165, 1.54) is 0 Å². The Kier molecular flexibility index (Phi) is 4.80. The highest BCUT2D eigenvalue weighted by Gasteiger charge is 2.19. The van der Waals surface area contributed by atoms with E-state index in [1.54, 1.807) is 27.4 Å². The zero-order chi connectivity index (χ0) is 17.8. The number of ether oxygens (including phenoxy) is 3. The Morgan fingerprint density at radius 2 is 1.52 bits per heavy atom. The second-order valence-corrected chi connectivity index (χ2v) is 5.49. The molecule has 0 saturated heterocycles. The molecule has 0 aliphatic heterocycles. The molecule has 0 amide bonds. The molecule has 3 aromatic rings. The lowest BCUT2D eigenvalue weighted by molar-refractivity contribution is 0.324. The molecular formula is C21H20O4. The van der Waals surface area contributed by atoms with Gasteiger partial charge in [-0.05, 0) is 34.5 Å². The molecule has 0 spiro atoms. The van der Waals surface area contributed by atoms with Crippen molar-refractivity contribution in [3.8, 4) is 17.2 Å². The van der Waals surface area contributed by atoms with Gasteiger partial charge < -0.3 is 19.3 Å². The van der Waals surface area contributed by atoms with Gasteiger partial charge in [-0.2, -0.15) is 0 Å². The van der Waals surface area contributed by atoms with Crippen LogP contribution in [0.4, 0.5) is 0 Å². The number of rotatable bonds is 5. The quantitative estimate of drug-likeness (QED) is 0.679. The number of fused-ring (bicyclic) bond motifs is 1. The number of aliphatic hydroxyl groups is 1. The van der Waals surface area contributed by atoms with Gasteiger partial charge in [0.15, 0.2) is 11.5 Å². The van der Waals surface area contributed by atoms with E-state index in [9.17, 15) is 5.11 Å². The van der Waals surface area contributed by atoms with Crippen molar-refractivity contribution in [2.75, 3.05) is 21.3 Å². The fourth-order valence-corrected chi connectivity index (χ4v) is 2.97. The summed E-state index contributed by atoms with van der Waals surface area (Å²) in [5, 5.41) is 12.2. The summed E-state index contributed by atoms with van der Waals surface area (Å²) < 4.78 is 16.3. The molecule has 0 aliphatic rings. The molecule has 0 bridgehead atoms. The lowest BCUT2D eigenvalue weighted by Crippen LogP contribution is -1.99. The minimum atomic E-state index is 0.489. The maximum atomic E-state index is 9.93. The Balaban J connectivity index is 2.18. The van der Waals surface area contributed by atoms with Crippen molar-refractivity contribution < 1.29 is 19.3 Å². The number of methoxy groups -OCH3 is 3. The maximum Gasteiger partial charge on any atom is 0.203 e. The van der Waals surface area contributed by atoms with Crippen molar-refractivity contribution in [1.82, 2.24) is 0 Å². The van der Waals surface area contributed by atoms with Gasteiger partial charge in [0.1, 0.15) is 0 Å². The van der Waals surface area contributed by atoms with Crippen LogP contribution in [0.2, 0.25) is 0 Å². The monoisotopic (exact) mass is 336 g/mol. The molecule has 3 rings (SSSR count). The van der Waals surface area contributed by atoms with Crippen LogP contribution in [0.1, 0.15) is 11.1 Å². The molecule has 0 unspecified atom stereocenters. The zero-order valence-corrected chi connectivity index (χ0v) is 14.4. The smallest absolute Gasteiger partial charge is 0.203 e. The summed E-state index contributed by atoms with van der Waals surface area (Å²) in [6.07, 6.45) is 1.09. The third-order valence-electron chi connectivity index (χ3n) is 4.18. The Bertz CT molecular complexity index is 928. The molecule has 0 saturated carbocycles. The van der Waals surface area contributed by atoms with Crippen LogP contribution in [-0.2, 0) is 0 Å². The second-order valence-electron chi connectivity index (χ2n) is 5.49. The van der Waals surface area contributed by atoms with Crippen LogP contribution < -0.4 is 14.2 Å². The van der Waals surface area contributed by atoms with Crippen LogP contribution in [0, 0.1) is 0 Å². The van der Waals surface area contributed by atoms with Crippen molar-refractivity contribution in [2.24, 2.45) is 0 Å². The standard InChI is InChI=1S/C21H20O4/c1-23-19-11-10-17(20(24-2)21(19)25-3)18(13-22)16-9-8-14-6-4-5-7-15(14)12-16/h4-13,22H,1-3H3/b18-13-. The third-order valence-corrected chi connectivity index (χ3v) is 4.18. The third kappa shape index (κ3) is 2.98. The van der Waals surface area contributed by atoms with Crippen LogP contribution >= 0.6 is 0 Å². The lowest BCUT2D eigenvalue weighted by Gasteiger charge is -2.17. The highest BCUT2D eigenvalue weighted by molar-refractivity contribution is 5.91. The molecule has 25 heavy (non-hydrogen) atoms. The first kappa shape index (κ1) is 16.7. The first-order chi connectivity index (χ1) is 12.2. The minimum Gasteiger partial charge on any atom is -0.515 e. The molecule has 0 aromatic heterocycles. The van der Waals surface area contributed by atoms with Gasteiger partial charge >= 0.3 is 0 Å². The largest absolute Gasteiger partial charge is 0.515 e. The van der Waals surface area contributed by atoms with Gasteiger partial charge in [-0.3, -0.25) is 0 Å². The van der Waals surface area contributed by atoms with E-state index >= 15 is 0 Å². The predicted molar refractivity (Wildman–Crippen MR) is 99.8 cm³/mol. The van der Waals surface area contributed by atoms with E-state index in [1.807, 2.05) is 42.5 Å². The fraction of sp³-hybridized carbons (Fsp3) is 0.143. The van der Waals surface area contributed by atoms with E-state index in [0.29, 0.717) is 22.8 Å². The number of hydrogen-bond donors (Lipinski definition) is 1. The van der Waals surface area contributed by atoms with Gasteiger partial charge in [-0.1, -0.05) is 36.4 Å². The Morgan fingerprint density at radius 1 is 0.800 bits per heavy atom. The SMILES string of the molecule is COc1ccc(/C(=C\O)c2ccc3ccccc3c2)c(OC)c1OC. The van der Waals surface area contributed by atoms with E-state index in [0.717, 1.165) is 28.2 Å². The van der Waals surface area contributed by atoms with Crippen LogP contribution in [0.5, 0.6) is 17.2 Å². The number of benzene rings is 3. The average molecular weight is 336 g/mol. The van der Waals surface area contributed by atoms with Gasteiger partial charge in [0.05, 0.1) is 27.6 Å². The van der Waals surface area contributed by atoms with Crippen molar-refractivity contribution in [3.63, 3.8) is 0 Å². The number of aliphatic hydroxyl groups excluding tert-OH is 1. The minimum absolute atomic E-state index is 0.489. The summed E-state index contributed by atoms with van der Waals surface area (Å²) >= 11 is 0. The molecule has 4 heteroatoms. The van der Waals surface area contributed by atoms with Crippen LogP contribution in [-0.4, -0.2) is 26.4 Å². The zero-order valence-electron chi connectivity index (χ0n) is 14.4. The topological polar surface area (TPSA) is 47.9 Å². The van der Waals surface area contributed by atoms with Crippen LogP contribution in [0.15, 0.2) is 60.9 Å². The lowest BCUT2D eigenvalue weighted by atomic mass is 9.95. The Labute approximate surface area is 146 Å². The fourth-order valence-electron chi connectivity index (χ4n) is 2.97. The van der Waals surface area contributed by atoms with Crippen molar-refractivity contribution in [3.05, 3.63) is 72.0 Å². The van der Waals surface area contributed by atoms with Gasteiger partial charge in [-0.15, -0.1) is 0 Å². The second kappa shape index (κ2) is 7.18. The summed E-state index contributed by atoms with van der Waals surface area (Å²) in [4.78, 5) is 0. The average Bonchev–Trinajstić information content (AvgIpc) is 2.67. The van der Waals surface area contributed by atoms with E-state index in [2.05, 4.69) is 6.07 Å². The maximum absolute atomic E-state index is 9.93. The van der Waals surface area contributed by atoms with Crippen molar-refractivity contribution in [2.45, 2.75) is 0 Å². The van der Waals surface area contributed by atoms with E-state index < -0.39 is 0 Å². The van der Waals surface area contributed by atoms with E-state index in [4.69, 9.17) is 14.2 Å². The Morgan fingerprint density at radius 3 is 2.16 bits per heavy atom. The van der Waals surface area contributed by atoms with Crippen molar-refractivity contribution in [1.29, 1.82) is 0 Å². The molecule has 0 radical (unpaired) electrons. The summed E-state index contributed by atoms with van der Waals surface area (Å²) in [5.41, 5.74) is 2.24. The summed E-state index contributed by atoms with van der Waals surface area (Å²) in [5.74, 6) is 1.57. The summed E-state index contributed by atoms with van der Waals surface area (Å²) in [6, 6.07) is 17.8. The molecule has 0 heterocycles. The molecule has 128 valence electrons. The highest BCUT2D eigenvalue weighted by atomic mass is 16.5. The first-order valence-electron chi connectivity index (χ1n) is 7.86. The normalized spacial score (nSPS) is 11.4. The molecule has 1 N–H and O–H groups in total. The molecule has 3 aromatic carbocycles. The van der Waals surface area contributed by atoms with E-state index in [-0.39, 0.29) is 0 Å². The van der Waals surface area contributed by atoms with Gasteiger partial charge in [-0.25, -0.2) is 0 Å².